The standard InChI is InChI=1S/C23H27N5O4S/c1-26(2)33(31,32)21-5-3-4-20(14-21)23(30)25-16-22(29)28-12-10-27(11-13-28)17-19-8-6-18(15-24)7-9-19/h3-9,14H,10-13,16-17H2,1-2H3,(H,25,30). The molecule has 3 rings (SSSR count). The number of sulfonamides is 1. The van der Waals surface area contributed by atoms with Gasteiger partial charge in [0.1, 0.15) is 0 Å². The molecule has 10 heteroatoms. The number of nitrogens with one attached hydrogen (secondary N) is 1. The van der Waals surface area contributed by atoms with Crippen molar-refractivity contribution in [1.82, 2.24) is 19.4 Å². The van der Waals surface area contributed by atoms with Crippen LogP contribution in [0.4, 0.5) is 0 Å². The summed E-state index contributed by atoms with van der Waals surface area (Å²) >= 11 is 0. The minimum Gasteiger partial charge on any atom is -0.343 e. The van der Waals surface area contributed by atoms with Gasteiger partial charge < -0.3 is 10.2 Å². The van der Waals surface area contributed by atoms with E-state index in [-0.39, 0.29) is 22.9 Å². The van der Waals surface area contributed by atoms with Gasteiger partial charge in [-0.3, -0.25) is 14.5 Å². The molecule has 1 aliphatic rings. The van der Waals surface area contributed by atoms with E-state index in [2.05, 4.69) is 16.3 Å². The fourth-order valence-electron chi connectivity index (χ4n) is 3.48. The van der Waals surface area contributed by atoms with Crippen molar-refractivity contribution in [2.45, 2.75) is 11.4 Å². The molecule has 174 valence electrons. The lowest BCUT2D eigenvalue weighted by molar-refractivity contribution is -0.131. The smallest absolute Gasteiger partial charge is 0.251 e. The summed E-state index contributed by atoms with van der Waals surface area (Å²) in [5.74, 6) is -0.683. The summed E-state index contributed by atoms with van der Waals surface area (Å²) in [5.41, 5.74) is 1.92. The molecule has 0 radical (unpaired) electrons. The maximum absolute atomic E-state index is 12.5. The molecule has 0 aliphatic carbocycles. The van der Waals surface area contributed by atoms with Gasteiger partial charge in [0.05, 0.1) is 23.1 Å². The van der Waals surface area contributed by atoms with Gasteiger partial charge in [-0.15, -0.1) is 0 Å². The van der Waals surface area contributed by atoms with E-state index in [4.69, 9.17) is 5.26 Å². The van der Waals surface area contributed by atoms with Gasteiger partial charge >= 0.3 is 0 Å². The van der Waals surface area contributed by atoms with Crippen molar-refractivity contribution in [1.29, 1.82) is 5.26 Å². The van der Waals surface area contributed by atoms with Gasteiger partial charge in [0.15, 0.2) is 0 Å². The highest BCUT2D eigenvalue weighted by Gasteiger charge is 2.22. The lowest BCUT2D eigenvalue weighted by atomic mass is 10.1. The number of piperazine rings is 1. The van der Waals surface area contributed by atoms with Crippen LogP contribution in [0.1, 0.15) is 21.5 Å². The fraction of sp³-hybridized carbons (Fsp3) is 0.348. The molecule has 1 N–H and O–H groups in total. The Hall–Kier alpha value is -3.26. The van der Waals surface area contributed by atoms with E-state index in [1.165, 1.54) is 38.4 Å². The predicted molar refractivity (Wildman–Crippen MR) is 123 cm³/mol. The van der Waals surface area contributed by atoms with Crippen LogP contribution in [0, 0.1) is 11.3 Å². The van der Waals surface area contributed by atoms with Gasteiger partial charge in [-0.05, 0) is 35.9 Å². The zero-order chi connectivity index (χ0) is 24.0. The van der Waals surface area contributed by atoms with E-state index >= 15 is 0 Å². The Bertz CT molecular complexity index is 1150. The number of nitriles is 1. The van der Waals surface area contributed by atoms with Crippen molar-refractivity contribution in [2.75, 3.05) is 46.8 Å². The number of hydrogen-bond acceptors (Lipinski definition) is 6. The maximum atomic E-state index is 12.5. The minimum absolute atomic E-state index is 0.0184. The van der Waals surface area contributed by atoms with Crippen molar-refractivity contribution < 1.29 is 18.0 Å². The summed E-state index contributed by atoms with van der Waals surface area (Å²) in [6.07, 6.45) is 0. The first-order valence-electron chi connectivity index (χ1n) is 10.5. The Labute approximate surface area is 194 Å². The molecule has 0 spiro atoms. The van der Waals surface area contributed by atoms with Gasteiger partial charge in [-0.2, -0.15) is 5.26 Å². The van der Waals surface area contributed by atoms with Crippen molar-refractivity contribution in [3.8, 4) is 6.07 Å². The van der Waals surface area contributed by atoms with Gasteiger partial charge in [0, 0.05) is 52.4 Å². The number of carbonyl (C=O) groups excluding carboxylic acids is 2. The van der Waals surface area contributed by atoms with E-state index in [1.807, 2.05) is 12.1 Å². The fourth-order valence-corrected chi connectivity index (χ4v) is 4.42. The number of nitrogens with zero attached hydrogens (tertiary/aromatic N) is 4. The molecular weight excluding hydrogens is 442 g/mol. The van der Waals surface area contributed by atoms with Gasteiger partial charge in [-0.25, -0.2) is 12.7 Å². The van der Waals surface area contributed by atoms with Crippen LogP contribution in [0.15, 0.2) is 53.4 Å². The third kappa shape index (κ3) is 6.16. The molecule has 33 heavy (non-hydrogen) atoms. The first kappa shape index (κ1) is 24.4. The van der Waals surface area contributed by atoms with Crippen molar-refractivity contribution >= 4 is 21.8 Å². The molecule has 0 bridgehead atoms. The Balaban J connectivity index is 1.48. The summed E-state index contributed by atoms with van der Waals surface area (Å²) in [6.45, 7) is 3.13. The van der Waals surface area contributed by atoms with Crippen LogP contribution in [0.5, 0.6) is 0 Å². The summed E-state index contributed by atoms with van der Waals surface area (Å²) in [5, 5.41) is 11.5. The molecular formula is C23H27N5O4S. The topological polar surface area (TPSA) is 114 Å². The molecule has 2 aromatic carbocycles. The van der Waals surface area contributed by atoms with Crippen LogP contribution in [0.2, 0.25) is 0 Å². The molecule has 2 aromatic rings. The average Bonchev–Trinajstić information content (AvgIpc) is 2.83. The number of benzene rings is 2. The lowest BCUT2D eigenvalue weighted by Gasteiger charge is -2.34. The number of amides is 2. The lowest BCUT2D eigenvalue weighted by Crippen LogP contribution is -2.50. The molecule has 1 fully saturated rings. The molecule has 0 saturated carbocycles. The van der Waals surface area contributed by atoms with Gasteiger partial charge in [-0.1, -0.05) is 18.2 Å². The molecule has 0 aromatic heterocycles. The highest BCUT2D eigenvalue weighted by Crippen LogP contribution is 2.15. The van der Waals surface area contributed by atoms with E-state index in [1.54, 1.807) is 17.0 Å². The second-order valence-electron chi connectivity index (χ2n) is 7.96. The summed E-state index contributed by atoms with van der Waals surface area (Å²) in [7, 11) is -0.811. The second-order valence-corrected chi connectivity index (χ2v) is 10.1. The van der Waals surface area contributed by atoms with Crippen LogP contribution in [-0.4, -0.2) is 81.2 Å². The second kappa shape index (κ2) is 10.6. The molecule has 1 heterocycles. The maximum Gasteiger partial charge on any atom is 0.251 e. The van der Waals surface area contributed by atoms with Crippen LogP contribution >= 0.6 is 0 Å². The SMILES string of the molecule is CN(C)S(=O)(=O)c1cccc(C(=O)NCC(=O)N2CCN(Cc3ccc(C#N)cc3)CC2)c1. The van der Waals surface area contributed by atoms with Crippen molar-refractivity contribution in [3.63, 3.8) is 0 Å². The van der Waals surface area contributed by atoms with Gasteiger partial charge in [0.25, 0.3) is 5.91 Å². The third-order valence-electron chi connectivity index (χ3n) is 5.49. The Morgan fingerprint density at radius 3 is 2.33 bits per heavy atom. The molecule has 2 amide bonds. The van der Waals surface area contributed by atoms with Crippen LogP contribution in [-0.2, 0) is 21.4 Å². The van der Waals surface area contributed by atoms with Crippen molar-refractivity contribution in [2.24, 2.45) is 0 Å². The van der Waals surface area contributed by atoms with E-state index in [9.17, 15) is 18.0 Å². The van der Waals surface area contributed by atoms with E-state index < -0.39 is 15.9 Å². The zero-order valence-electron chi connectivity index (χ0n) is 18.7. The van der Waals surface area contributed by atoms with Crippen LogP contribution in [0.25, 0.3) is 0 Å². The zero-order valence-corrected chi connectivity index (χ0v) is 19.5. The van der Waals surface area contributed by atoms with Crippen molar-refractivity contribution in [3.05, 3.63) is 65.2 Å². The largest absolute Gasteiger partial charge is 0.343 e. The molecule has 9 nitrogen and oxygen atoms in total. The summed E-state index contributed by atoms with van der Waals surface area (Å²) in [4.78, 5) is 29.0. The Morgan fingerprint density at radius 2 is 1.73 bits per heavy atom. The molecule has 1 aliphatic heterocycles. The number of hydrogen-bond donors (Lipinski definition) is 1. The minimum atomic E-state index is -3.65. The average molecular weight is 470 g/mol. The van der Waals surface area contributed by atoms with Crippen LogP contribution < -0.4 is 5.32 Å². The summed E-state index contributed by atoms with van der Waals surface area (Å²) in [6, 6.07) is 15.3. The summed E-state index contributed by atoms with van der Waals surface area (Å²) < 4.78 is 25.6. The number of carbonyl (C=O) groups is 2. The molecule has 1 saturated heterocycles. The monoisotopic (exact) mass is 469 g/mol. The van der Waals surface area contributed by atoms with E-state index in [0.717, 1.165) is 16.4 Å². The van der Waals surface area contributed by atoms with E-state index in [0.29, 0.717) is 31.7 Å². The quantitative estimate of drug-likeness (QED) is 0.644. The first-order chi connectivity index (χ1) is 15.7. The highest BCUT2D eigenvalue weighted by molar-refractivity contribution is 7.89. The number of rotatable bonds is 7. The Kier molecular flexibility index (Phi) is 7.81. The van der Waals surface area contributed by atoms with Gasteiger partial charge in [0.2, 0.25) is 15.9 Å². The normalized spacial score (nSPS) is 14.7. The Morgan fingerprint density at radius 1 is 1.06 bits per heavy atom. The molecule has 0 atom stereocenters. The third-order valence-corrected chi connectivity index (χ3v) is 7.30. The predicted octanol–water partition coefficient (Wildman–Crippen LogP) is 0.883. The first-order valence-corrected chi connectivity index (χ1v) is 11.9. The highest BCUT2D eigenvalue weighted by atomic mass is 32.2. The molecule has 0 unspecified atom stereocenters. The van der Waals surface area contributed by atoms with Crippen LogP contribution in [0.3, 0.4) is 0 Å².